The first-order chi connectivity index (χ1) is 11.7. The normalized spacial score (nSPS) is 19.2. The molecule has 2 aliphatic rings. The number of carbonyl (C=O) groups excluding carboxylic acids is 1. The number of hydrogen-bond donors (Lipinski definition) is 0. The molecule has 124 valence electrons. The standard InChI is InChI=1S/C18H19FN4O/c19-15-4-2-14(3-5-15)18(6-7-18)16(24)22-10-12-23(13-11-22)17-20-8-1-9-21-17/h1-5,8-9H,6-7,10-13H2. The van der Waals surface area contributed by atoms with Gasteiger partial charge in [-0.2, -0.15) is 0 Å². The lowest BCUT2D eigenvalue weighted by atomic mass is 9.94. The first-order valence-electron chi connectivity index (χ1n) is 8.26. The van der Waals surface area contributed by atoms with Gasteiger partial charge in [-0.05, 0) is 36.6 Å². The van der Waals surface area contributed by atoms with Crippen LogP contribution < -0.4 is 4.90 Å². The molecule has 4 rings (SSSR count). The molecule has 0 unspecified atom stereocenters. The maximum atomic E-state index is 13.1. The number of anilines is 1. The Hall–Kier alpha value is -2.50. The summed E-state index contributed by atoms with van der Waals surface area (Å²) < 4.78 is 13.1. The van der Waals surface area contributed by atoms with Gasteiger partial charge in [0.05, 0.1) is 5.41 Å². The molecule has 2 heterocycles. The number of aromatic nitrogens is 2. The molecule has 1 saturated carbocycles. The maximum absolute atomic E-state index is 13.1. The lowest BCUT2D eigenvalue weighted by molar-refractivity contribution is -0.134. The Morgan fingerprint density at radius 1 is 1.00 bits per heavy atom. The number of halogens is 1. The van der Waals surface area contributed by atoms with Crippen molar-refractivity contribution in [3.05, 3.63) is 54.1 Å². The lowest BCUT2D eigenvalue weighted by Crippen LogP contribution is -2.52. The van der Waals surface area contributed by atoms with Crippen LogP contribution in [0.4, 0.5) is 10.3 Å². The molecule has 0 bridgehead atoms. The summed E-state index contributed by atoms with van der Waals surface area (Å²) in [5.74, 6) is 0.616. The number of amides is 1. The van der Waals surface area contributed by atoms with E-state index in [2.05, 4.69) is 14.9 Å². The molecule has 2 fully saturated rings. The Morgan fingerprint density at radius 3 is 2.21 bits per heavy atom. The summed E-state index contributed by atoms with van der Waals surface area (Å²) in [7, 11) is 0. The van der Waals surface area contributed by atoms with Crippen LogP contribution in [-0.4, -0.2) is 47.0 Å². The highest BCUT2D eigenvalue weighted by Gasteiger charge is 2.53. The number of benzene rings is 1. The fourth-order valence-corrected chi connectivity index (χ4v) is 3.39. The molecule has 1 amide bonds. The van der Waals surface area contributed by atoms with Crippen LogP contribution in [0, 0.1) is 5.82 Å². The molecular weight excluding hydrogens is 307 g/mol. The van der Waals surface area contributed by atoms with E-state index >= 15 is 0 Å². The van der Waals surface area contributed by atoms with Crippen LogP contribution in [0.25, 0.3) is 0 Å². The molecule has 5 nitrogen and oxygen atoms in total. The van der Waals surface area contributed by atoms with Crippen LogP contribution in [0.3, 0.4) is 0 Å². The zero-order valence-corrected chi connectivity index (χ0v) is 13.4. The van der Waals surface area contributed by atoms with Crippen molar-refractivity contribution in [2.75, 3.05) is 31.1 Å². The highest BCUT2D eigenvalue weighted by Crippen LogP contribution is 2.49. The second-order valence-electron chi connectivity index (χ2n) is 6.42. The molecule has 0 N–H and O–H groups in total. The van der Waals surface area contributed by atoms with Crippen molar-refractivity contribution in [2.45, 2.75) is 18.3 Å². The summed E-state index contributed by atoms with van der Waals surface area (Å²) in [4.78, 5) is 25.5. The summed E-state index contributed by atoms with van der Waals surface area (Å²) in [6.45, 7) is 2.80. The van der Waals surface area contributed by atoms with Crippen molar-refractivity contribution in [3.8, 4) is 0 Å². The summed E-state index contributed by atoms with van der Waals surface area (Å²) in [5.41, 5.74) is 0.502. The van der Waals surface area contributed by atoms with Crippen LogP contribution in [0.5, 0.6) is 0 Å². The van der Waals surface area contributed by atoms with Gasteiger partial charge >= 0.3 is 0 Å². The van der Waals surface area contributed by atoms with Gasteiger partial charge in [0.15, 0.2) is 0 Å². The van der Waals surface area contributed by atoms with E-state index in [-0.39, 0.29) is 11.7 Å². The van der Waals surface area contributed by atoms with Crippen molar-refractivity contribution >= 4 is 11.9 Å². The molecule has 0 atom stereocenters. The summed E-state index contributed by atoms with van der Waals surface area (Å²) in [6.07, 6.45) is 5.15. The Balaban J connectivity index is 1.44. The summed E-state index contributed by atoms with van der Waals surface area (Å²) in [6, 6.07) is 8.16. The van der Waals surface area contributed by atoms with E-state index in [4.69, 9.17) is 0 Å². The molecule has 1 aromatic carbocycles. The summed E-state index contributed by atoms with van der Waals surface area (Å²) >= 11 is 0. The zero-order chi connectivity index (χ0) is 16.6. The molecule has 0 spiro atoms. The second kappa shape index (κ2) is 5.85. The molecule has 1 aliphatic carbocycles. The van der Waals surface area contributed by atoms with Gasteiger partial charge in [-0.15, -0.1) is 0 Å². The van der Waals surface area contributed by atoms with Crippen LogP contribution in [0.1, 0.15) is 18.4 Å². The summed E-state index contributed by atoms with van der Waals surface area (Å²) in [5, 5.41) is 0. The van der Waals surface area contributed by atoms with Crippen LogP contribution in [-0.2, 0) is 10.2 Å². The highest BCUT2D eigenvalue weighted by atomic mass is 19.1. The fourth-order valence-electron chi connectivity index (χ4n) is 3.39. The van der Waals surface area contributed by atoms with Crippen LogP contribution in [0.2, 0.25) is 0 Å². The minimum Gasteiger partial charge on any atom is -0.338 e. The monoisotopic (exact) mass is 326 g/mol. The minimum absolute atomic E-state index is 0.169. The number of rotatable bonds is 3. The molecule has 1 aromatic heterocycles. The van der Waals surface area contributed by atoms with E-state index in [0.717, 1.165) is 31.5 Å². The van der Waals surface area contributed by atoms with E-state index in [0.29, 0.717) is 19.0 Å². The van der Waals surface area contributed by atoms with Gasteiger partial charge in [-0.1, -0.05) is 12.1 Å². The van der Waals surface area contributed by atoms with Crippen LogP contribution in [0.15, 0.2) is 42.7 Å². The smallest absolute Gasteiger partial charge is 0.233 e. The van der Waals surface area contributed by atoms with Crippen molar-refractivity contribution in [1.82, 2.24) is 14.9 Å². The Kier molecular flexibility index (Phi) is 3.67. The third-order valence-electron chi connectivity index (χ3n) is 4.96. The van der Waals surface area contributed by atoms with Crippen molar-refractivity contribution in [1.29, 1.82) is 0 Å². The average molecular weight is 326 g/mol. The molecule has 1 aliphatic heterocycles. The van der Waals surface area contributed by atoms with Crippen molar-refractivity contribution < 1.29 is 9.18 Å². The predicted octanol–water partition coefficient (Wildman–Crippen LogP) is 2.00. The number of hydrogen-bond acceptors (Lipinski definition) is 4. The first kappa shape index (κ1) is 15.1. The van der Waals surface area contributed by atoms with Gasteiger partial charge < -0.3 is 9.80 Å². The molecule has 2 aromatic rings. The van der Waals surface area contributed by atoms with Crippen molar-refractivity contribution in [3.63, 3.8) is 0 Å². The van der Waals surface area contributed by atoms with Gasteiger partial charge in [0.2, 0.25) is 11.9 Å². The minimum atomic E-state index is -0.431. The average Bonchev–Trinajstić information content (AvgIpc) is 3.44. The third kappa shape index (κ3) is 2.62. The topological polar surface area (TPSA) is 49.3 Å². The molecule has 24 heavy (non-hydrogen) atoms. The van der Waals surface area contributed by atoms with E-state index in [1.165, 1.54) is 12.1 Å². The molecular formula is C18H19FN4O. The van der Waals surface area contributed by atoms with E-state index in [1.54, 1.807) is 30.6 Å². The second-order valence-corrected chi connectivity index (χ2v) is 6.42. The lowest BCUT2D eigenvalue weighted by Gasteiger charge is -2.36. The SMILES string of the molecule is O=C(N1CCN(c2ncccn2)CC1)C1(c2ccc(F)cc2)CC1. The largest absolute Gasteiger partial charge is 0.338 e. The maximum Gasteiger partial charge on any atom is 0.233 e. The predicted molar refractivity (Wildman–Crippen MR) is 88.1 cm³/mol. The van der Waals surface area contributed by atoms with E-state index in [9.17, 15) is 9.18 Å². The van der Waals surface area contributed by atoms with Gasteiger partial charge in [0.1, 0.15) is 5.82 Å². The Labute approximate surface area is 140 Å². The van der Waals surface area contributed by atoms with Gasteiger partial charge in [0, 0.05) is 38.6 Å². The fraction of sp³-hybridized carbons (Fsp3) is 0.389. The first-order valence-corrected chi connectivity index (χ1v) is 8.26. The van der Waals surface area contributed by atoms with E-state index in [1.807, 2.05) is 4.90 Å². The van der Waals surface area contributed by atoms with E-state index < -0.39 is 5.41 Å². The van der Waals surface area contributed by atoms with Gasteiger partial charge in [-0.3, -0.25) is 4.79 Å². The molecule has 1 saturated heterocycles. The van der Waals surface area contributed by atoms with Crippen LogP contribution >= 0.6 is 0 Å². The van der Waals surface area contributed by atoms with Crippen molar-refractivity contribution in [2.24, 2.45) is 0 Å². The number of nitrogens with zero attached hydrogens (tertiary/aromatic N) is 4. The third-order valence-corrected chi connectivity index (χ3v) is 4.96. The Morgan fingerprint density at radius 2 is 1.62 bits per heavy atom. The Bertz CT molecular complexity index is 722. The molecule has 0 radical (unpaired) electrons. The highest BCUT2D eigenvalue weighted by molar-refractivity contribution is 5.91. The van der Waals surface area contributed by atoms with Gasteiger partial charge in [0.25, 0.3) is 0 Å². The quantitative estimate of drug-likeness (QED) is 0.866. The number of piperazine rings is 1. The molecule has 6 heteroatoms. The van der Waals surface area contributed by atoms with Gasteiger partial charge in [-0.25, -0.2) is 14.4 Å². The number of carbonyl (C=O) groups is 1. The zero-order valence-electron chi connectivity index (χ0n) is 13.4.